The number of methoxy groups -OCH3 is 2. The van der Waals surface area contributed by atoms with E-state index in [0.29, 0.717) is 6.42 Å². The van der Waals surface area contributed by atoms with E-state index in [-0.39, 0.29) is 29.7 Å². The summed E-state index contributed by atoms with van der Waals surface area (Å²) in [5.74, 6) is -1.80. The van der Waals surface area contributed by atoms with Gasteiger partial charge in [-0.25, -0.2) is 18.0 Å². The van der Waals surface area contributed by atoms with E-state index in [1.807, 2.05) is 0 Å². The summed E-state index contributed by atoms with van der Waals surface area (Å²) in [5, 5.41) is 0. The van der Waals surface area contributed by atoms with Gasteiger partial charge in [0.1, 0.15) is 0 Å². The van der Waals surface area contributed by atoms with Gasteiger partial charge in [-0.05, 0) is 42.7 Å². The lowest BCUT2D eigenvalue weighted by Crippen LogP contribution is -2.33. The topological polar surface area (TPSA) is 90.0 Å². The molecule has 172 valence electrons. The van der Waals surface area contributed by atoms with Crippen molar-refractivity contribution in [3.05, 3.63) is 64.7 Å². The molecule has 1 heterocycles. The standard InChI is InChI=1S/C21H20F3NO6S/c1-30-19(26)13-9-10-15(20(27)31-2)18(12-13)32(28,29)25-11-5-8-17(25)14-6-3-4-7-16(14)21(22,23)24/h3-4,6-7,9-10,12,17H,5,8,11H2,1-2H3. The van der Waals surface area contributed by atoms with Crippen molar-refractivity contribution >= 4 is 22.0 Å². The first-order chi connectivity index (χ1) is 15.0. The van der Waals surface area contributed by atoms with E-state index < -0.39 is 44.6 Å². The number of hydrogen-bond acceptors (Lipinski definition) is 6. The van der Waals surface area contributed by atoms with Gasteiger partial charge >= 0.3 is 18.1 Å². The average molecular weight is 471 g/mol. The number of nitrogens with zero attached hydrogens (tertiary/aromatic N) is 1. The van der Waals surface area contributed by atoms with E-state index in [9.17, 15) is 31.2 Å². The van der Waals surface area contributed by atoms with Crippen LogP contribution < -0.4 is 0 Å². The van der Waals surface area contributed by atoms with Crippen LogP contribution in [0.4, 0.5) is 13.2 Å². The molecule has 3 rings (SSSR count). The third kappa shape index (κ3) is 4.35. The average Bonchev–Trinajstić information content (AvgIpc) is 3.28. The number of halogens is 3. The number of esters is 2. The highest BCUT2D eigenvalue weighted by Crippen LogP contribution is 2.42. The van der Waals surface area contributed by atoms with Gasteiger partial charge in [0.15, 0.2) is 0 Å². The zero-order valence-electron chi connectivity index (χ0n) is 17.2. The number of sulfonamides is 1. The highest BCUT2D eigenvalue weighted by molar-refractivity contribution is 7.89. The Bertz CT molecular complexity index is 1150. The molecule has 2 aromatic rings. The second kappa shape index (κ2) is 8.91. The molecule has 0 amide bonds. The minimum absolute atomic E-state index is 0.0533. The van der Waals surface area contributed by atoms with Gasteiger partial charge in [0, 0.05) is 6.54 Å². The summed E-state index contributed by atoms with van der Waals surface area (Å²) in [6.07, 6.45) is -4.19. The predicted octanol–water partition coefficient (Wildman–Crippen LogP) is 3.80. The maximum absolute atomic E-state index is 13.6. The molecule has 32 heavy (non-hydrogen) atoms. The molecular weight excluding hydrogens is 451 g/mol. The van der Waals surface area contributed by atoms with E-state index in [0.717, 1.165) is 36.7 Å². The van der Waals surface area contributed by atoms with Crippen molar-refractivity contribution in [2.75, 3.05) is 20.8 Å². The summed E-state index contributed by atoms with van der Waals surface area (Å²) in [4.78, 5) is 23.6. The van der Waals surface area contributed by atoms with Crippen LogP contribution in [0, 0.1) is 0 Å². The molecule has 1 atom stereocenters. The second-order valence-electron chi connectivity index (χ2n) is 7.05. The molecule has 0 aromatic heterocycles. The Balaban J connectivity index is 2.16. The minimum atomic E-state index is -4.67. The summed E-state index contributed by atoms with van der Waals surface area (Å²) in [6.45, 7) is -0.0533. The van der Waals surface area contributed by atoms with Crippen molar-refractivity contribution in [3.63, 3.8) is 0 Å². The lowest BCUT2D eigenvalue weighted by molar-refractivity contribution is -0.138. The molecule has 1 aliphatic heterocycles. The minimum Gasteiger partial charge on any atom is -0.465 e. The Kier molecular flexibility index (Phi) is 6.61. The van der Waals surface area contributed by atoms with Gasteiger partial charge in [0.25, 0.3) is 0 Å². The van der Waals surface area contributed by atoms with Crippen molar-refractivity contribution in [2.45, 2.75) is 30.0 Å². The molecule has 1 unspecified atom stereocenters. The number of carbonyl (C=O) groups excluding carboxylic acids is 2. The van der Waals surface area contributed by atoms with E-state index in [1.54, 1.807) is 0 Å². The first kappa shape index (κ1) is 23.7. The molecule has 0 aliphatic carbocycles. The monoisotopic (exact) mass is 471 g/mol. The number of hydrogen-bond donors (Lipinski definition) is 0. The van der Waals surface area contributed by atoms with E-state index in [2.05, 4.69) is 9.47 Å². The third-order valence-electron chi connectivity index (χ3n) is 5.22. The van der Waals surface area contributed by atoms with Gasteiger partial charge in [-0.15, -0.1) is 0 Å². The SMILES string of the molecule is COC(=O)c1ccc(C(=O)OC)c(S(=O)(=O)N2CCCC2c2ccccc2C(F)(F)F)c1. The molecule has 1 fully saturated rings. The van der Waals surface area contributed by atoms with Gasteiger partial charge in [-0.3, -0.25) is 0 Å². The fraction of sp³-hybridized carbons (Fsp3) is 0.333. The highest BCUT2D eigenvalue weighted by Gasteiger charge is 2.42. The summed E-state index contributed by atoms with van der Waals surface area (Å²) >= 11 is 0. The number of benzene rings is 2. The summed E-state index contributed by atoms with van der Waals surface area (Å²) in [7, 11) is -2.32. The zero-order valence-corrected chi connectivity index (χ0v) is 18.0. The van der Waals surface area contributed by atoms with E-state index >= 15 is 0 Å². The number of carbonyl (C=O) groups is 2. The molecule has 0 saturated carbocycles. The van der Waals surface area contributed by atoms with Crippen LogP contribution in [0.1, 0.15) is 50.7 Å². The van der Waals surface area contributed by atoms with Gasteiger partial charge in [-0.1, -0.05) is 18.2 Å². The molecule has 1 saturated heterocycles. The van der Waals surface area contributed by atoms with Crippen LogP contribution in [0.2, 0.25) is 0 Å². The first-order valence-electron chi connectivity index (χ1n) is 9.51. The Morgan fingerprint density at radius 3 is 2.31 bits per heavy atom. The molecule has 1 aliphatic rings. The quantitative estimate of drug-likeness (QED) is 0.617. The van der Waals surface area contributed by atoms with E-state index in [4.69, 9.17) is 0 Å². The van der Waals surface area contributed by atoms with Gasteiger partial charge < -0.3 is 9.47 Å². The molecular formula is C21H20F3NO6S. The zero-order chi connectivity index (χ0) is 23.7. The summed E-state index contributed by atoms with van der Waals surface area (Å²) in [6, 6.07) is 6.98. The smallest absolute Gasteiger partial charge is 0.416 e. The van der Waals surface area contributed by atoms with Crippen molar-refractivity contribution < 1.29 is 40.7 Å². The molecule has 11 heteroatoms. The Labute approximate surface area is 182 Å². The Morgan fingerprint density at radius 2 is 1.69 bits per heavy atom. The van der Waals surface area contributed by atoms with Crippen molar-refractivity contribution in [2.24, 2.45) is 0 Å². The van der Waals surface area contributed by atoms with E-state index in [1.165, 1.54) is 24.3 Å². The van der Waals surface area contributed by atoms with Gasteiger partial charge in [0.05, 0.1) is 41.8 Å². The van der Waals surface area contributed by atoms with Crippen LogP contribution in [0.25, 0.3) is 0 Å². The van der Waals surface area contributed by atoms with Crippen molar-refractivity contribution in [3.8, 4) is 0 Å². The molecule has 0 bridgehead atoms. The molecule has 0 radical (unpaired) electrons. The van der Waals surface area contributed by atoms with Crippen LogP contribution in [0.5, 0.6) is 0 Å². The van der Waals surface area contributed by atoms with Gasteiger partial charge in [-0.2, -0.15) is 17.5 Å². The maximum Gasteiger partial charge on any atom is 0.416 e. The van der Waals surface area contributed by atoms with Crippen molar-refractivity contribution in [1.29, 1.82) is 0 Å². The fourth-order valence-electron chi connectivity index (χ4n) is 3.77. The Morgan fingerprint density at radius 1 is 1.03 bits per heavy atom. The molecule has 0 spiro atoms. The first-order valence-corrected chi connectivity index (χ1v) is 10.9. The molecule has 7 nitrogen and oxygen atoms in total. The summed E-state index contributed by atoms with van der Waals surface area (Å²) < 4.78 is 78.0. The van der Waals surface area contributed by atoms with Crippen LogP contribution in [0.15, 0.2) is 47.4 Å². The normalized spacial score (nSPS) is 17.2. The number of rotatable bonds is 5. The highest BCUT2D eigenvalue weighted by atomic mass is 32.2. The lowest BCUT2D eigenvalue weighted by Gasteiger charge is -2.27. The fourth-order valence-corrected chi connectivity index (χ4v) is 5.65. The van der Waals surface area contributed by atoms with Crippen LogP contribution in [-0.4, -0.2) is 45.4 Å². The molecule has 0 N–H and O–H groups in total. The number of alkyl halides is 3. The van der Waals surface area contributed by atoms with Gasteiger partial charge in [0.2, 0.25) is 10.0 Å². The summed E-state index contributed by atoms with van der Waals surface area (Å²) in [5.41, 5.74) is -1.58. The Hall–Kier alpha value is -2.92. The largest absolute Gasteiger partial charge is 0.465 e. The predicted molar refractivity (Wildman–Crippen MR) is 106 cm³/mol. The molecule has 2 aromatic carbocycles. The maximum atomic E-state index is 13.6. The second-order valence-corrected chi connectivity index (χ2v) is 8.91. The van der Waals surface area contributed by atoms with Crippen LogP contribution in [0.3, 0.4) is 0 Å². The third-order valence-corrected chi connectivity index (χ3v) is 7.17. The lowest BCUT2D eigenvalue weighted by atomic mass is 9.99. The van der Waals surface area contributed by atoms with Crippen LogP contribution >= 0.6 is 0 Å². The van der Waals surface area contributed by atoms with Crippen molar-refractivity contribution in [1.82, 2.24) is 4.31 Å². The number of ether oxygens (including phenoxy) is 2. The van der Waals surface area contributed by atoms with Crippen LogP contribution in [-0.2, 0) is 25.7 Å².